The minimum absolute atomic E-state index is 0.150. The van der Waals surface area contributed by atoms with E-state index >= 15 is 0 Å². The van der Waals surface area contributed by atoms with Crippen LogP contribution in [0.2, 0.25) is 0 Å². The number of aromatic amines is 1. The number of para-hydroxylation sites is 1. The average molecular weight is 639 g/mol. The van der Waals surface area contributed by atoms with Crippen molar-refractivity contribution in [2.75, 3.05) is 6.61 Å². The van der Waals surface area contributed by atoms with Gasteiger partial charge in [0.1, 0.15) is 17.5 Å². The fraction of sp³-hybridized carbons (Fsp3) is 0.175. The van der Waals surface area contributed by atoms with Crippen molar-refractivity contribution in [1.29, 1.82) is 0 Å². The van der Waals surface area contributed by atoms with E-state index in [1.54, 1.807) is 12.1 Å². The lowest BCUT2D eigenvalue weighted by Gasteiger charge is -2.34. The Bertz CT molecular complexity index is 2210. The lowest BCUT2D eigenvalue weighted by Crippen LogP contribution is -2.48. The summed E-state index contributed by atoms with van der Waals surface area (Å²) in [6.45, 7) is 2.55. The Labute approximate surface area is 277 Å². The predicted octanol–water partition coefficient (Wildman–Crippen LogP) is 7.66. The number of aromatic carboxylic acids is 1. The molecule has 0 spiro atoms. The summed E-state index contributed by atoms with van der Waals surface area (Å²) in [4.78, 5) is 42.9. The van der Waals surface area contributed by atoms with Crippen molar-refractivity contribution in [3.8, 4) is 16.9 Å². The highest BCUT2D eigenvalue weighted by Gasteiger charge is 2.35. The maximum absolute atomic E-state index is 13.7. The van der Waals surface area contributed by atoms with Gasteiger partial charge in [-0.15, -0.1) is 0 Å². The Morgan fingerprint density at radius 1 is 0.833 bits per heavy atom. The number of nitrogens with one attached hydrogen (secondary N) is 1. The molecule has 5 aromatic carbocycles. The summed E-state index contributed by atoms with van der Waals surface area (Å²) in [5, 5.41) is 23.0. The molecule has 6 aromatic rings. The van der Waals surface area contributed by atoms with Gasteiger partial charge in [0.15, 0.2) is 0 Å². The predicted molar refractivity (Wildman–Crippen MR) is 185 cm³/mol. The first-order chi connectivity index (χ1) is 23.3. The molecule has 0 unspecified atom stereocenters. The molecule has 8 heteroatoms. The fourth-order valence-corrected chi connectivity index (χ4v) is 6.91. The number of aliphatic carboxylic acids is 1. The summed E-state index contributed by atoms with van der Waals surface area (Å²) in [7, 11) is 0. The quantitative estimate of drug-likeness (QED) is 0.140. The smallest absolute Gasteiger partial charge is 0.352 e. The molecule has 3 N–H and O–H groups in total. The number of aromatic nitrogens is 1. The number of hydrogen-bond donors (Lipinski definition) is 3. The van der Waals surface area contributed by atoms with Gasteiger partial charge in [0.2, 0.25) is 0 Å². The molecule has 7 rings (SSSR count). The van der Waals surface area contributed by atoms with Crippen LogP contribution in [0.1, 0.15) is 49.5 Å². The number of carboxylic acid groups (broad SMARTS) is 2. The number of hydrogen-bond acceptors (Lipinski definition) is 4. The lowest BCUT2D eigenvalue weighted by atomic mass is 9.92. The Hall–Kier alpha value is -5.89. The molecule has 0 bridgehead atoms. The van der Waals surface area contributed by atoms with Gasteiger partial charge in [-0.05, 0) is 71.2 Å². The first-order valence-corrected chi connectivity index (χ1v) is 16.0. The van der Waals surface area contributed by atoms with E-state index in [2.05, 4.69) is 4.98 Å². The third-order valence-electron chi connectivity index (χ3n) is 9.29. The van der Waals surface area contributed by atoms with Gasteiger partial charge in [-0.2, -0.15) is 0 Å². The highest BCUT2D eigenvalue weighted by atomic mass is 16.5. The normalized spacial score (nSPS) is 14.2. The molecule has 48 heavy (non-hydrogen) atoms. The minimum Gasteiger partial charge on any atom is -0.493 e. The molecule has 8 nitrogen and oxygen atoms in total. The van der Waals surface area contributed by atoms with Crippen LogP contribution in [0.15, 0.2) is 103 Å². The average Bonchev–Trinajstić information content (AvgIpc) is 3.48. The van der Waals surface area contributed by atoms with Gasteiger partial charge in [-0.1, -0.05) is 84.9 Å². The number of ether oxygens (including phenoxy) is 1. The summed E-state index contributed by atoms with van der Waals surface area (Å²) >= 11 is 0. The van der Waals surface area contributed by atoms with Gasteiger partial charge in [0.05, 0.1) is 12.1 Å². The second-order valence-electron chi connectivity index (χ2n) is 12.2. The number of carbonyl (C=O) groups excluding carboxylic acids is 1. The van der Waals surface area contributed by atoms with Crippen LogP contribution in [0.4, 0.5) is 0 Å². The Morgan fingerprint density at radius 3 is 2.35 bits per heavy atom. The zero-order valence-corrected chi connectivity index (χ0v) is 26.4. The van der Waals surface area contributed by atoms with Crippen LogP contribution in [-0.4, -0.2) is 50.6 Å². The van der Waals surface area contributed by atoms with Crippen molar-refractivity contribution in [1.82, 2.24) is 9.88 Å². The van der Waals surface area contributed by atoms with Crippen molar-refractivity contribution >= 4 is 39.5 Å². The molecule has 1 aliphatic rings. The van der Waals surface area contributed by atoms with Crippen molar-refractivity contribution in [3.63, 3.8) is 0 Å². The third-order valence-corrected chi connectivity index (χ3v) is 9.29. The fourth-order valence-electron chi connectivity index (χ4n) is 6.91. The summed E-state index contributed by atoms with van der Waals surface area (Å²) in [5.41, 5.74) is 6.35. The van der Waals surface area contributed by atoms with E-state index in [9.17, 15) is 24.6 Å². The number of carbonyl (C=O) groups is 3. The van der Waals surface area contributed by atoms with E-state index in [0.29, 0.717) is 30.5 Å². The van der Waals surface area contributed by atoms with Crippen LogP contribution in [0.5, 0.6) is 5.75 Å². The highest BCUT2D eigenvalue weighted by molar-refractivity contribution is 6.04. The van der Waals surface area contributed by atoms with Crippen molar-refractivity contribution < 1.29 is 29.3 Å². The molecule has 0 fully saturated rings. The lowest BCUT2D eigenvalue weighted by molar-refractivity contribution is -0.142. The maximum Gasteiger partial charge on any atom is 0.352 e. The van der Waals surface area contributed by atoms with Crippen molar-refractivity contribution in [2.45, 2.75) is 38.8 Å². The van der Waals surface area contributed by atoms with E-state index in [-0.39, 0.29) is 24.6 Å². The zero-order chi connectivity index (χ0) is 33.4. The summed E-state index contributed by atoms with van der Waals surface area (Å²) in [5.74, 6) is -1.61. The molecule has 240 valence electrons. The minimum atomic E-state index is -1.03. The van der Waals surface area contributed by atoms with Gasteiger partial charge in [-0.25, -0.2) is 9.59 Å². The second kappa shape index (κ2) is 12.7. The maximum atomic E-state index is 13.7. The van der Waals surface area contributed by atoms with E-state index in [1.807, 2.05) is 97.9 Å². The number of aryl methyl sites for hydroxylation is 2. The molecular formula is C40H34N2O6. The van der Waals surface area contributed by atoms with Crippen LogP contribution in [-0.2, 0) is 24.2 Å². The van der Waals surface area contributed by atoms with Gasteiger partial charge in [-0.3, -0.25) is 4.79 Å². The molecule has 0 saturated carbocycles. The van der Waals surface area contributed by atoms with Gasteiger partial charge < -0.3 is 24.8 Å². The third kappa shape index (κ3) is 5.66. The standard InChI is InChI=1S/C40H34N2O6/c1-24-21-27(38(43)42-23-28-11-3-2-10-26(28)22-34(42)39(44)45)18-19-29(24)31-14-7-15-32-33(37(40(46)47)41-36(31)32)16-8-20-48-35-17-6-12-25-9-4-5-13-30(25)35/h2-7,9-15,17-19,21,34,41H,8,16,20,22-23H2,1H3,(H,44,45)(H,46,47)/t34-/m0/s1. The monoisotopic (exact) mass is 638 g/mol. The van der Waals surface area contributed by atoms with Crippen molar-refractivity contribution in [3.05, 3.63) is 137 Å². The van der Waals surface area contributed by atoms with E-state index in [1.165, 1.54) is 4.90 Å². The zero-order valence-electron chi connectivity index (χ0n) is 26.4. The number of rotatable bonds is 9. The molecule has 0 radical (unpaired) electrons. The first kappa shape index (κ1) is 30.7. The summed E-state index contributed by atoms with van der Waals surface area (Å²) in [6.07, 6.45) is 1.38. The largest absolute Gasteiger partial charge is 0.493 e. The highest BCUT2D eigenvalue weighted by Crippen LogP contribution is 2.35. The SMILES string of the molecule is Cc1cc(C(=O)N2Cc3ccccc3C[C@H]2C(=O)O)ccc1-c1cccc2c(CCCOc3cccc4ccccc34)c(C(=O)O)[nH]c12. The van der Waals surface area contributed by atoms with E-state index in [4.69, 9.17) is 4.74 Å². The number of nitrogens with zero attached hydrogens (tertiary/aromatic N) is 1. The van der Waals surface area contributed by atoms with E-state index < -0.39 is 18.0 Å². The van der Waals surface area contributed by atoms with Gasteiger partial charge >= 0.3 is 11.9 Å². The number of H-pyrrole nitrogens is 1. The van der Waals surface area contributed by atoms with Crippen LogP contribution in [0.3, 0.4) is 0 Å². The Kier molecular flexibility index (Phi) is 8.15. The van der Waals surface area contributed by atoms with Gasteiger partial charge in [0, 0.05) is 34.9 Å². The number of fused-ring (bicyclic) bond motifs is 3. The van der Waals surface area contributed by atoms with E-state index in [0.717, 1.165) is 55.3 Å². The Morgan fingerprint density at radius 2 is 1.56 bits per heavy atom. The molecule has 0 saturated heterocycles. The molecule has 1 aliphatic heterocycles. The van der Waals surface area contributed by atoms with Crippen LogP contribution >= 0.6 is 0 Å². The molecule has 0 aliphatic carbocycles. The number of carboxylic acids is 2. The number of amides is 1. The first-order valence-electron chi connectivity index (χ1n) is 16.0. The topological polar surface area (TPSA) is 120 Å². The van der Waals surface area contributed by atoms with Crippen LogP contribution in [0, 0.1) is 6.92 Å². The Balaban J connectivity index is 1.14. The summed E-state index contributed by atoms with van der Waals surface area (Å²) < 4.78 is 6.13. The molecule has 1 aromatic heterocycles. The van der Waals surface area contributed by atoms with Crippen molar-refractivity contribution in [2.24, 2.45) is 0 Å². The molecule has 1 atom stereocenters. The molecule has 2 heterocycles. The van der Waals surface area contributed by atoms with Crippen LogP contribution < -0.4 is 4.74 Å². The second-order valence-corrected chi connectivity index (χ2v) is 12.2. The number of benzene rings is 5. The molecule has 1 amide bonds. The molecular weight excluding hydrogens is 604 g/mol. The van der Waals surface area contributed by atoms with Crippen LogP contribution in [0.25, 0.3) is 32.8 Å². The van der Waals surface area contributed by atoms with Gasteiger partial charge in [0.25, 0.3) is 5.91 Å². The summed E-state index contributed by atoms with van der Waals surface area (Å²) in [6, 6.07) is 31.8.